The summed E-state index contributed by atoms with van der Waals surface area (Å²) in [4.78, 5) is 25.5. The van der Waals surface area contributed by atoms with Gasteiger partial charge in [0.15, 0.2) is 0 Å². The molecule has 3 rings (SSSR count). The molecule has 2 amide bonds. The smallest absolute Gasteiger partial charge is 0.326 e. The monoisotopic (exact) mass is 384 g/mol. The van der Waals surface area contributed by atoms with Crippen LogP contribution in [0.3, 0.4) is 0 Å². The van der Waals surface area contributed by atoms with E-state index < -0.39 is 41.1 Å². The van der Waals surface area contributed by atoms with Gasteiger partial charge in [-0.1, -0.05) is 12.1 Å². The fourth-order valence-corrected chi connectivity index (χ4v) is 2.85. The molecule has 2 aromatic carbocycles. The molecule has 1 heterocycles. The second-order valence-corrected chi connectivity index (χ2v) is 6.04. The quantitative estimate of drug-likeness (QED) is 0.814. The Labute approximate surface area is 150 Å². The lowest BCUT2D eigenvalue weighted by Gasteiger charge is -2.17. The van der Waals surface area contributed by atoms with Crippen molar-refractivity contribution in [1.82, 2.24) is 0 Å². The van der Waals surface area contributed by atoms with Crippen LogP contribution in [-0.4, -0.2) is 18.4 Å². The average Bonchev–Trinajstić information content (AvgIpc) is 2.98. The number of nitrogens with zero attached hydrogens (tertiary/aromatic N) is 1. The lowest BCUT2D eigenvalue weighted by Crippen LogP contribution is -2.28. The number of halogens is 5. The first-order valence-electron chi connectivity index (χ1n) is 7.89. The van der Waals surface area contributed by atoms with Gasteiger partial charge in [-0.15, -0.1) is 0 Å². The van der Waals surface area contributed by atoms with Gasteiger partial charge in [0, 0.05) is 18.7 Å². The minimum absolute atomic E-state index is 0.0268. The number of carbonyl (C=O) groups is 2. The van der Waals surface area contributed by atoms with Crippen LogP contribution in [0, 0.1) is 17.6 Å². The fraction of sp³-hybridized carbons (Fsp3) is 0.222. The summed E-state index contributed by atoms with van der Waals surface area (Å²) in [7, 11) is 0. The van der Waals surface area contributed by atoms with Crippen LogP contribution in [0.25, 0.3) is 0 Å². The molecule has 2 aromatic rings. The molecule has 27 heavy (non-hydrogen) atoms. The Morgan fingerprint density at radius 2 is 1.78 bits per heavy atom. The van der Waals surface area contributed by atoms with Crippen molar-refractivity contribution >= 4 is 23.2 Å². The first-order valence-corrected chi connectivity index (χ1v) is 7.89. The predicted octanol–water partition coefficient (Wildman–Crippen LogP) is 3.98. The van der Waals surface area contributed by atoms with Crippen LogP contribution in [0.1, 0.15) is 12.0 Å². The molecule has 1 fully saturated rings. The maximum atomic E-state index is 13.8. The number of anilines is 2. The normalized spacial score (nSPS) is 17.3. The van der Waals surface area contributed by atoms with Crippen LogP contribution in [0.5, 0.6) is 0 Å². The number of para-hydroxylation sites is 1. The topological polar surface area (TPSA) is 49.4 Å². The minimum atomic E-state index is -4.91. The molecule has 9 heteroatoms. The number of benzene rings is 2. The number of alkyl halides is 3. The van der Waals surface area contributed by atoms with E-state index in [-0.39, 0.29) is 24.3 Å². The van der Waals surface area contributed by atoms with E-state index in [0.29, 0.717) is 12.1 Å². The summed E-state index contributed by atoms with van der Waals surface area (Å²) in [6, 6.07) is 7.64. The van der Waals surface area contributed by atoms with Crippen LogP contribution in [0.15, 0.2) is 42.5 Å². The molecule has 1 aliphatic heterocycles. The highest BCUT2D eigenvalue weighted by molar-refractivity contribution is 6.03. The number of hydrogen-bond donors (Lipinski definition) is 1. The minimum Gasteiger partial charge on any atom is -0.326 e. The Morgan fingerprint density at radius 3 is 2.44 bits per heavy atom. The van der Waals surface area contributed by atoms with Crippen LogP contribution in [0.2, 0.25) is 0 Å². The SMILES string of the molecule is O=C(Nc1ccc(F)c(C(F)(F)F)c1)C1CC(=O)N(c2ccccc2F)C1. The maximum absolute atomic E-state index is 13.8. The molecule has 4 nitrogen and oxygen atoms in total. The third kappa shape index (κ3) is 3.91. The first kappa shape index (κ1) is 18.8. The molecule has 142 valence electrons. The van der Waals surface area contributed by atoms with E-state index in [9.17, 15) is 31.5 Å². The van der Waals surface area contributed by atoms with Gasteiger partial charge in [0.2, 0.25) is 11.8 Å². The number of hydrogen-bond acceptors (Lipinski definition) is 2. The first-order chi connectivity index (χ1) is 12.7. The highest BCUT2D eigenvalue weighted by Gasteiger charge is 2.37. The third-order valence-corrected chi connectivity index (χ3v) is 4.18. The van der Waals surface area contributed by atoms with E-state index in [4.69, 9.17) is 0 Å². The zero-order valence-corrected chi connectivity index (χ0v) is 13.7. The molecule has 1 atom stereocenters. The van der Waals surface area contributed by atoms with Crippen molar-refractivity contribution < 1.29 is 31.5 Å². The summed E-state index contributed by atoms with van der Waals surface area (Å²) in [6.07, 6.45) is -5.12. The van der Waals surface area contributed by atoms with E-state index >= 15 is 0 Å². The number of amides is 2. The Bertz CT molecular complexity index is 898. The van der Waals surface area contributed by atoms with Crippen molar-refractivity contribution in [1.29, 1.82) is 0 Å². The summed E-state index contributed by atoms with van der Waals surface area (Å²) in [5, 5.41) is 2.25. The summed E-state index contributed by atoms with van der Waals surface area (Å²) < 4.78 is 65.4. The molecule has 1 N–H and O–H groups in total. The van der Waals surface area contributed by atoms with Crippen molar-refractivity contribution in [3.8, 4) is 0 Å². The molecule has 1 aliphatic rings. The van der Waals surface area contributed by atoms with Gasteiger partial charge in [0.1, 0.15) is 11.6 Å². The van der Waals surface area contributed by atoms with Gasteiger partial charge < -0.3 is 10.2 Å². The van der Waals surface area contributed by atoms with Gasteiger partial charge in [0.25, 0.3) is 0 Å². The van der Waals surface area contributed by atoms with Gasteiger partial charge in [-0.3, -0.25) is 9.59 Å². The van der Waals surface area contributed by atoms with Gasteiger partial charge in [-0.2, -0.15) is 13.2 Å². The molecule has 0 spiro atoms. The number of carbonyl (C=O) groups excluding carboxylic acids is 2. The van der Waals surface area contributed by atoms with Crippen molar-refractivity contribution in [2.75, 3.05) is 16.8 Å². The van der Waals surface area contributed by atoms with Crippen LogP contribution >= 0.6 is 0 Å². The van der Waals surface area contributed by atoms with Crippen molar-refractivity contribution in [2.45, 2.75) is 12.6 Å². The third-order valence-electron chi connectivity index (χ3n) is 4.18. The van der Waals surface area contributed by atoms with E-state index in [1.807, 2.05) is 0 Å². The van der Waals surface area contributed by atoms with E-state index in [0.717, 1.165) is 11.0 Å². The molecule has 0 saturated carbocycles. The molecular formula is C18H13F5N2O2. The molecule has 1 saturated heterocycles. The van der Waals surface area contributed by atoms with E-state index in [1.165, 1.54) is 24.3 Å². The Kier molecular flexibility index (Phi) is 4.86. The molecule has 0 radical (unpaired) electrons. The molecular weight excluding hydrogens is 371 g/mol. The Morgan fingerprint density at radius 1 is 1.07 bits per heavy atom. The van der Waals surface area contributed by atoms with Gasteiger partial charge >= 0.3 is 6.18 Å². The highest BCUT2D eigenvalue weighted by Crippen LogP contribution is 2.33. The zero-order chi connectivity index (χ0) is 19.8. The zero-order valence-electron chi connectivity index (χ0n) is 13.7. The lowest BCUT2D eigenvalue weighted by molar-refractivity contribution is -0.140. The maximum Gasteiger partial charge on any atom is 0.419 e. The number of nitrogens with one attached hydrogen (secondary N) is 1. The summed E-state index contributed by atoms with van der Waals surface area (Å²) >= 11 is 0. The molecule has 0 aliphatic carbocycles. The largest absolute Gasteiger partial charge is 0.419 e. The molecule has 0 aromatic heterocycles. The second kappa shape index (κ2) is 6.98. The van der Waals surface area contributed by atoms with Gasteiger partial charge in [0.05, 0.1) is 17.2 Å². The average molecular weight is 384 g/mol. The Balaban J connectivity index is 1.75. The summed E-state index contributed by atoms with van der Waals surface area (Å²) in [5.41, 5.74) is -1.72. The molecule has 0 bridgehead atoms. The predicted molar refractivity (Wildman–Crippen MR) is 86.9 cm³/mol. The van der Waals surface area contributed by atoms with Crippen molar-refractivity contribution in [3.05, 3.63) is 59.7 Å². The fourth-order valence-electron chi connectivity index (χ4n) is 2.85. The Hall–Kier alpha value is -2.97. The number of rotatable bonds is 3. The summed E-state index contributed by atoms with van der Waals surface area (Å²) in [6.45, 7) is -0.112. The van der Waals surface area contributed by atoms with Crippen molar-refractivity contribution in [2.24, 2.45) is 5.92 Å². The van der Waals surface area contributed by atoms with Crippen molar-refractivity contribution in [3.63, 3.8) is 0 Å². The standard InChI is InChI=1S/C18H13F5N2O2/c19-13-6-5-11(8-12(13)18(21,22)23)24-17(27)10-7-16(26)25(9-10)15-4-2-1-3-14(15)20/h1-6,8,10H,7,9H2,(H,24,27). The van der Waals surface area contributed by atoms with Gasteiger partial charge in [-0.25, -0.2) is 8.78 Å². The second-order valence-electron chi connectivity index (χ2n) is 6.04. The van der Waals surface area contributed by atoms with E-state index in [2.05, 4.69) is 5.32 Å². The lowest BCUT2D eigenvalue weighted by atomic mass is 10.1. The summed E-state index contributed by atoms with van der Waals surface area (Å²) in [5.74, 6) is -4.14. The highest BCUT2D eigenvalue weighted by atomic mass is 19.4. The van der Waals surface area contributed by atoms with Crippen LogP contribution < -0.4 is 10.2 Å². The van der Waals surface area contributed by atoms with Crippen LogP contribution in [0.4, 0.5) is 33.3 Å². The van der Waals surface area contributed by atoms with E-state index in [1.54, 1.807) is 0 Å². The molecule has 1 unspecified atom stereocenters. The van der Waals surface area contributed by atoms with Gasteiger partial charge in [-0.05, 0) is 30.3 Å². The van der Waals surface area contributed by atoms with Crippen LogP contribution in [-0.2, 0) is 15.8 Å².